The standard InChI is InChI=1S/C11H18N2OS/c1-2-4-10(9-12)11(14)13-5-3-7-15-8-6-13/h10H,2-8H2,1H3. The molecule has 1 fully saturated rings. The highest BCUT2D eigenvalue weighted by Gasteiger charge is 2.23. The van der Waals surface area contributed by atoms with E-state index >= 15 is 0 Å². The Morgan fingerprint density at radius 2 is 2.33 bits per heavy atom. The Balaban J connectivity index is 2.52. The van der Waals surface area contributed by atoms with Crippen LogP contribution in [0.25, 0.3) is 0 Å². The van der Waals surface area contributed by atoms with Gasteiger partial charge in [-0.1, -0.05) is 13.3 Å². The molecule has 1 unspecified atom stereocenters. The summed E-state index contributed by atoms with van der Waals surface area (Å²) in [6.07, 6.45) is 2.65. The van der Waals surface area contributed by atoms with E-state index in [9.17, 15) is 4.79 Å². The summed E-state index contributed by atoms with van der Waals surface area (Å²) in [6, 6.07) is 2.12. The summed E-state index contributed by atoms with van der Waals surface area (Å²) in [5, 5.41) is 8.93. The maximum Gasteiger partial charge on any atom is 0.239 e. The van der Waals surface area contributed by atoms with Crippen LogP contribution in [0.5, 0.6) is 0 Å². The van der Waals surface area contributed by atoms with Crippen LogP contribution in [0.15, 0.2) is 0 Å². The first-order valence-corrected chi connectivity index (χ1v) is 6.71. The van der Waals surface area contributed by atoms with Crippen LogP contribution in [0.4, 0.5) is 0 Å². The van der Waals surface area contributed by atoms with Crippen molar-refractivity contribution in [2.45, 2.75) is 26.2 Å². The first-order chi connectivity index (χ1) is 7.29. The van der Waals surface area contributed by atoms with Crippen LogP contribution in [0, 0.1) is 17.2 Å². The molecule has 3 nitrogen and oxygen atoms in total. The Kier molecular flexibility index (Phi) is 5.56. The molecular weight excluding hydrogens is 208 g/mol. The molecule has 0 aromatic carbocycles. The number of rotatable bonds is 3. The normalized spacial score (nSPS) is 19.1. The summed E-state index contributed by atoms with van der Waals surface area (Å²) in [7, 11) is 0. The molecule has 1 amide bonds. The molecule has 0 aliphatic carbocycles. The molecule has 0 N–H and O–H groups in total. The van der Waals surface area contributed by atoms with Crippen molar-refractivity contribution >= 4 is 17.7 Å². The first kappa shape index (κ1) is 12.4. The second kappa shape index (κ2) is 6.73. The van der Waals surface area contributed by atoms with Crippen LogP contribution in [-0.2, 0) is 4.79 Å². The second-order valence-electron chi connectivity index (χ2n) is 3.76. The summed E-state index contributed by atoms with van der Waals surface area (Å²) in [4.78, 5) is 13.8. The number of amides is 1. The first-order valence-electron chi connectivity index (χ1n) is 5.55. The lowest BCUT2D eigenvalue weighted by Gasteiger charge is -2.22. The number of hydrogen-bond acceptors (Lipinski definition) is 3. The molecule has 1 aliphatic heterocycles. The summed E-state index contributed by atoms with van der Waals surface area (Å²) in [5.74, 6) is 1.77. The van der Waals surface area contributed by atoms with Crippen LogP contribution < -0.4 is 0 Å². The van der Waals surface area contributed by atoms with Gasteiger partial charge in [0.15, 0.2) is 0 Å². The lowest BCUT2D eigenvalue weighted by atomic mass is 10.0. The average molecular weight is 226 g/mol. The molecule has 84 valence electrons. The molecule has 1 aliphatic rings. The zero-order valence-electron chi connectivity index (χ0n) is 9.24. The number of nitrogens with zero attached hydrogens (tertiary/aromatic N) is 2. The van der Waals surface area contributed by atoms with E-state index in [1.165, 1.54) is 0 Å². The zero-order chi connectivity index (χ0) is 11.1. The lowest BCUT2D eigenvalue weighted by molar-refractivity contribution is -0.133. The van der Waals surface area contributed by atoms with Crippen molar-refractivity contribution in [3.63, 3.8) is 0 Å². The van der Waals surface area contributed by atoms with Crippen molar-refractivity contribution in [2.24, 2.45) is 5.92 Å². The zero-order valence-corrected chi connectivity index (χ0v) is 10.1. The van der Waals surface area contributed by atoms with Gasteiger partial charge >= 0.3 is 0 Å². The number of hydrogen-bond donors (Lipinski definition) is 0. The van der Waals surface area contributed by atoms with E-state index < -0.39 is 5.92 Å². The van der Waals surface area contributed by atoms with Gasteiger partial charge in [-0.2, -0.15) is 17.0 Å². The van der Waals surface area contributed by atoms with E-state index in [-0.39, 0.29) is 5.91 Å². The van der Waals surface area contributed by atoms with Crippen molar-refractivity contribution in [1.29, 1.82) is 5.26 Å². The third-order valence-corrected chi connectivity index (χ3v) is 3.61. The molecule has 0 radical (unpaired) electrons. The Morgan fingerprint density at radius 3 is 3.00 bits per heavy atom. The van der Waals surface area contributed by atoms with Gasteiger partial charge in [-0.15, -0.1) is 0 Å². The van der Waals surface area contributed by atoms with E-state index in [2.05, 4.69) is 6.07 Å². The second-order valence-corrected chi connectivity index (χ2v) is 4.99. The highest BCUT2D eigenvalue weighted by molar-refractivity contribution is 7.99. The third-order valence-electron chi connectivity index (χ3n) is 2.57. The Hall–Kier alpha value is -0.690. The van der Waals surface area contributed by atoms with Crippen LogP contribution in [0.2, 0.25) is 0 Å². The molecule has 1 saturated heterocycles. The number of carbonyl (C=O) groups is 1. The molecule has 15 heavy (non-hydrogen) atoms. The van der Waals surface area contributed by atoms with Gasteiger partial charge in [-0.05, 0) is 18.6 Å². The quantitative estimate of drug-likeness (QED) is 0.738. The predicted molar refractivity (Wildman–Crippen MR) is 62.5 cm³/mol. The molecule has 1 rings (SSSR count). The van der Waals surface area contributed by atoms with E-state index in [1.807, 2.05) is 23.6 Å². The van der Waals surface area contributed by atoms with E-state index in [0.717, 1.165) is 37.4 Å². The van der Waals surface area contributed by atoms with Crippen LogP contribution in [-0.4, -0.2) is 35.4 Å². The van der Waals surface area contributed by atoms with Crippen molar-refractivity contribution in [2.75, 3.05) is 24.6 Å². The molecule has 0 bridgehead atoms. The molecule has 1 atom stereocenters. The molecule has 0 aromatic heterocycles. The molecule has 0 saturated carbocycles. The Labute approximate surface area is 95.8 Å². The van der Waals surface area contributed by atoms with Gasteiger partial charge < -0.3 is 4.90 Å². The van der Waals surface area contributed by atoms with Crippen molar-refractivity contribution in [1.82, 2.24) is 4.90 Å². The van der Waals surface area contributed by atoms with E-state index in [4.69, 9.17) is 5.26 Å². The van der Waals surface area contributed by atoms with E-state index in [1.54, 1.807) is 0 Å². The minimum atomic E-state index is -0.418. The van der Waals surface area contributed by atoms with Gasteiger partial charge in [0.1, 0.15) is 5.92 Å². The minimum Gasteiger partial charge on any atom is -0.341 e. The lowest BCUT2D eigenvalue weighted by Crippen LogP contribution is -2.37. The van der Waals surface area contributed by atoms with E-state index in [0.29, 0.717) is 6.42 Å². The van der Waals surface area contributed by atoms with Gasteiger partial charge in [-0.3, -0.25) is 4.79 Å². The highest BCUT2D eigenvalue weighted by atomic mass is 32.2. The van der Waals surface area contributed by atoms with Crippen molar-refractivity contribution in [3.05, 3.63) is 0 Å². The summed E-state index contributed by atoms with van der Waals surface area (Å²) in [6.45, 7) is 3.65. The monoisotopic (exact) mass is 226 g/mol. The summed E-state index contributed by atoms with van der Waals surface area (Å²) in [5.41, 5.74) is 0. The molecule has 0 spiro atoms. The van der Waals surface area contributed by atoms with Gasteiger partial charge in [0.05, 0.1) is 6.07 Å². The fourth-order valence-electron chi connectivity index (χ4n) is 1.72. The fraction of sp³-hybridized carbons (Fsp3) is 0.818. The molecule has 4 heteroatoms. The number of thioether (sulfide) groups is 1. The highest BCUT2D eigenvalue weighted by Crippen LogP contribution is 2.15. The average Bonchev–Trinajstić information content (AvgIpc) is 2.53. The number of nitriles is 1. The Bertz CT molecular complexity index is 241. The predicted octanol–water partition coefficient (Wildman–Crippen LogP) is 1.89. The van der Waals surface area contributed by atoms with Crippen LogP contribution in [0.1, 0.15) is 26.2 Å². The van der Waals surface area contributed by atoms with Gasteiger partial charge in [0.25, 0.3) is 0 Å². The fourth-order valence-corrected chi connectivity index (χ4v) is 2.61. The maximum absolute atomic E-state index is 12.0. The molecule has 1 heterocycles. The smallest absolute Gasteiger partial charge is 0.239 e. The number of carbonyl (C=O) groups excluding carboxylic acids is 1. The van der Waals surface area contributed by atoms with Gasteiger partial charge in [-0.25, -0.2) is 0 Å². The third kappa shape index (κ3) is 3.75. The molecular formula is C11H18N2OS. The Morgan fingerprint density at radius 1 is 1.53 bits per heavy atom. The molecule has 0 aromatic rings. The van der Waals surface area contributed by atoms with Gasteiger partial charge in [0.2, 0.25) is 5.91 Å². The maximum atomic E-state index is 12.0. The SMILES string of the molecule is CCCC(C#N)C(=O)N1CCCSCC1. The van der Waals surface area contributed by atoms with Crippen molar-refractivity contribution < 1.29 is 4.79 Å². The van der Waals surface area contributed by atoms with Gasteiger partial charge in [0, 0.05) is 18.8 Å². The largest absolute Gasteiger partial charge is 0.341 e. The van der Waals surface area contributed by atoms with Crippen LogP contribution in [0.3, 0.4) is 0 Å². The topological polar surface area (TPSA) is 44.1 Å². The summed E-state index contributed by atoms with van der Waals surface area (Å²) < 4.78 is 0. The minimum absolute atomic E-state index is 0.0434. The summed E-state index contributed by atoms with van der Waals surface area (Å²) >= 11 is 1.89. The van der Waals surface area contributed by atoms with Crippen LogP contribution >= 0.6 is 11.8 Å². The van der Waals surface area contributed by atoms with Crippen molar-refractivity contribution in [3.8, 4) is 6.07 Å².